The molecule has 0 heterocycles. The van der Waals surface area contributed by atoms with Crippen LogP contribution >= 0.6 is 0 Å². The van der Waals surface area contributed by atoms with Crippen LogP contribution in [0.25, 0.3) is 0 Å². The van der Waals surface area contributed by atoms with Gasteiger partial charge in [0.1, 0.15) is 11.6 Å². The van der Waals surface area contributed by atoms with Crippen LogP contribution in [0.2, 0.25) is 0 Å². The highest BCUT2D eigenvalue weighted by Crippen LogP contribution is 2.18. The highest BCUT2D eigenvalue weighted by Gasteiger charge is 2.10. The van der Waals surface area contributed by atoms with Crippen molar-refractivity contribution < 1.29 is 8.78 Å². The number of hydrogen-bond acceptors (Lipinski definition) is 1. The summed E-state index contributed by atoms with van der Waals surface area (Å²) in [6.45, 7) is 3.55. The Labute approximate surface area is 76.1 Å². The Morgan fingerprint density at radius 1 is 1.46 bits per heavy atom. The summed E-state index contributed by atoms with van der Waals surface area (Å²) in [5.74, 6) is -1.13. The molecule has 0 aliphatic carbocycles. The molecule has 1 N–H and O–H groups in total. The van der Waals surface area contributed by atoms with E-state index < -0.39 is 11.6 Å². The standard InChI is InChI=1S/C10H11F2N/c1-3-10(13-2)8-5-4-7(11)6-9(8)12/h3-6,10,13H,1H2,2H3. The minimum absolute atomic E-state index is 0.277. The highest BCUT2D eigenvalue weighted by molar-refractivity contribution is 5.24. The van der Waals surface area contributed by atoms with Gasteiger partial charge in [-0.1, -0.05) is 12.1 Å². The molecule has 0 saturated heterocycles. The predicted octanol–water partition coefficient (Wildman–Crippen LogP) is 2.41. The van der Waals surface area contributed by atoms with Gasteiger partial charge in [-0.25, -0.2) is 8.78 Å². The van der Waals surface area contributed by atoms with E-state index >= 15 is 0 Å². The summed E-state index contributed by atoms with van der Waals surface area (Å²) in [6.07, 6.45) is 1.57. The number of nitrogens with one attached hydrogen (secondary N) is 1. The molecule has 0 fully saturated rings. The Kier molecular flexibility index (Phi) is 3.14. The third-order valence-corrected chi connectivity index (χ3v) is 1.84. The third kappa shape index (κ3) is 2.12. The summed E-state index contributed by atoms with van der Waals surface area (Å²) in [6, 6.07) is 3.23. The van der Waals surface area contributed by atoms with Crippen molar-refractivity contribution in [1.29, 1.82) is 0 Å². The quantitative estimate of drug-likeness (QED) is 0.709. The Hall–Kier alpha value is -1.22. The molecule has 1 rings (SSSR count). The zero-order valence-electron chi connectivity index (χ0n) is 7.35. The number of halogens is 2. The lowest BCUT2D eigenvalue weighted by atomic mass is 10.1. The van der Waals surface area contributed by atoms with Gasteiger partial charge in [-0.3, -0.25) is 0 Å². The van der Waals surface area contributed by atoms with Gasteiger partial charge in [-0.2, -0.15) is 0 Å². The van der Waals surface area contributed by atoms with Gasteiger partial charge < -0.3 is 5.32 Å². The van der Waals surface area contributed by atoms with E-state index in [1.807, 2.05) is 0 Å². The van der Waals surface area contributed by atoms with E-state index in [0.717, 1.165) is 6.07 Å². The predicted molar refractivity (Wildman–Crippen MR) is 48.4 cm³/mol. The molecule has 3 heteroatoms. The van der Waals surface area contributed by atoms with Crippen molar-refractivity contribution in [3.8, 4) is 0 Å². The monoisotopic (exact) mass is 183 g/mol. The number of rotatable bonds is 3. The van der Waals surface area contributed by atoms with Gasteiger partial charge in [0, 0.05) is 11.6 Å². The average Bonchev–Trinajstić information content (AvgIpc) is 2.10. The molecule has 13 heavy (non-hydrogen) atoms. The van der Waals surface area contributed by atoms with Crippen molar-refractivity contribution in [3.05, 3.63) is 48.1 Å². The fraction of sp³-hybridized carbons (Fsp3) is 0.200. The Bertz CT molecular complexity index is 310. The Morgan fingerprint density at radius 2 is 2.15 bits per heavy atom. The molecule has 0 aliphatic rings. The normalized spacial score (nSPS) is 12.5. The van der Waals surface area contributed by atoms with E-state index in [0.29, 0.717) is 5.56 Å². The molecule has 0 saturated carbocycles. The number of benzene rings is 1. The van der Waals surface area contributed by atoms with Crippen LogP contribution in [0.1, 0.15) is 11.6 Å². The topological polar surface area (TPSA) is 12.0 Å². The summed E-state index contributed by atoms with van der Waals surface area (Å²) < 4.78 is 25.7. The van der Waals surface area contributed by atoms with Crippen molar-refractivity contribution in [1.82, 2.24) is 5.32 Å². The van der Waals surface area contributed by atoms with Crippen LogP contribution < -0.4 is 5.32 Å². The first-order chi connectivity index (χ1) is 6.19. The minimum Gasteiger partial charge on any atom is -0.310 e. The Balaban J connectivity index is 3.06. The zero-order valence-corrected chi connectivity index (χ0v) is 7.35. The fourth-order valence-electron chi connectivity index (χ4n) is 1.15. The second-order valence-electron chi connectivity index (χ2n) is 2.67. The van der Waals surface area contributed by atoms with Crippen molar-refractivity contribution in [3.63, 3.8) is 0 Å². The molecule has 1 atom stereocenters. The SMILES string of the molecule is C=CC(NC)c1ccc(F)cc1F. The summed E-state index contributed by atoms with van der Waals surface area (Å²) in [4.78, 5) is 0. The maximum absolute atomic E-state index is 13.1. The third-order valence-electron chi connectivity index (χ3n) is 1.84. The Morgan fingerprint density at radius 3 is 2.62 bits per heavy atom. The minimum atomic E-state index is -0.569. The smallest absolute Gasteiger partial charge is 0.131 e. The van der Waals surface area contributed by atoms with Gasteiger partial charge in [0.25, 0.3) is 0 Å². The van der Waals surface area contributed by atoms with Gasteiger partial charge in [0.15, 0.2) is 0 Å². The molecule has 70 valence electrons. The maximum Gasteiger partial charge on any atom is 0.131 e. The first-order valence-electron chi connectivity index (χ1n) is 3.93. The summed E-state index contributed by atoms with van der Waals surface area (Å²) in [5, 5.41) is 2.85. The van der Waals surface area contributed by atoms with Crippen LogP contribution in [0.15, 0.2) is 30.9 Å². The van der Waals surface area contributed by atoms with Crippen LogP contribution in [0.4, 0.5) is 8.78 Å². The second-order valence-corrected chi connectivity index (χ2v) is 2.67. The lowest BCUT2D eigenvalue weighted by molar-refractivity contribution is 0.555. The largest absolute Gasteiger partial charge is 0.310 e. The van der Waals surface area contributed by atoms with E-state index in [2.05, 4.69) is 11.9 Å². The van der Waals surface area contributed by atoms with Crippen LogP contribution in [0.5, 0.6) is 0 Å². The molecule has 0 amide bonds. The fourth-order valence-corrected chi connectivity index (χ4v) is 1.15. The number of hydrogen-bond donors (Lipinski definition) is 1. The van der Waals surface area contributed by atoms with E-state index in [-0.39, 0.29) is 6.04 Å². The van der Waals surface area contributed by atoms with Crippen LogP contribution in [-0.4, -0.2) is 7.05 Å². The summed E-state index contributed by atoms with van der Waals surface area (Å²) >= 11 is 0. The first kappa shape index (κ1) is 9.86. The van der Waals surface area contributed by atoms with Crippen molar-refractivity contribution in [2.45, 2.75) is 6.04 Å². The second kappa shape index (κ2) is 4.14. The molecule has 0 bridgehead atoms. The summed E-state index contributed by atoms with van der Waals surface area (Å²) in [7, 11) is 1.69. The number of likely N-dealkylation sites (N-methyl/N-ethyl adjacent to an activating group) is 1. The molecule has 1 aromatic carbocycles. The van der Waals surface area contributed by atoms with Crippen molar-refractivity contribution >= 4 is 0 Å². The van der Waals surface area contributed by atoms with E-state index in [1.165, 1.54) is 12.1 Å². The van der Waals surface area contributed by atoms with Gasteiger partial charge >= 0.3 is 0 Å². The molecule has 1 nitrogen and oxygen atoms in total. The van der Waals surface area contributed by atoms with Gasteiger partial charge in [-0.15, -0.1) is 6.58 Å². The van der Waals surface area contributed by atoms with Crippen molar-refractivity contribution in [2.24, 2.45) is 0 Å². The molecule has 0 radical (unpaired) electrons. The molecule has 1 unspecified atom stereocenters. The van der Waals surface area contributed by atoms with Crippen molar-refractivity contribution in [2.75, 3.05) is 7.05 Å². The van der Waals surface area contributed by atoms with Gasteiger partial charge in [0.2, 0.25) is 0 Å². The molecule has 0 aliphatic heterocycles. The average molecular weight is 183 g/mol. The van der Waals surface area contributed by atoms with Gasteiger partial charge in [0.05, 0.1) is 6.04 Å². The molecule has 0 spiro atoms. The molecule has 0 aromatic heterocycles. The van der Waals surface area contributed by atoms with E-state index in [1.54, 1.807) is 13.1 Å². The van der Waals surface area contributed by atoms with E-state index in [9.17, 15) is 8.78 Å². The van der Waals surface area contributed by atoms with Gasteiger partial charge in [-0.05, 0) is 13.1 Å². The first-order valence-corrected chi connectivity index (χ1v) is 3.93. The zero-order chi connectivity index (χ0) is 9.84. The summed E-state index contributed by atoms with van der Waals surface area (Å²) in [5.41, 5.74) is 0.402. The molecular weight excluding hydrogens is 172 g/mol. The van der Waals surface area contributed by atoms with Crippen LogP contribution in [-0.2, 0) is 0 Å². The molecule has 1 aromatic rings. The maximum atomic E-state index is 13.1. The van der Waals surface area contributed by atoms with Crippen LogP contribution in [0, 0.1) is 11.6 Å². The highest BCUT2D eigenvalue weighted by atomic mass is 19.1. The van der Waals surface area contributed by atoms with E-state index in [4.69, 9.17) is 0 Å². The van der Waals surface area contributed by atoms with Crippen LogP contribution in [0.3, 0.4) is 0 Å². The molecular formula is C10H11F2N. The lowest BCUT2D eigenvalue weighted by Crippen LogP contribution is -2.15. The lowest BCUT2D eigenvalue weighted by Gasteiger charge is -2.12.